The van der Waals surface area contributed by atoms with Crippen LogP contribution in [-0.4, -0.2) is 17.0 Å². The summed E-state index contributed by atoms with van der Waals surface area (Å²) < 4.78 is 1.67. The largest absolute Gasteiger partial charge is 0.330 e. The van der Waals surface area contributed by atoms with Gasteiger partial charge in [0.1, 0.15) is 0 Å². The molecule has 0 fully saturated rings. The van der Waals surface area contributed by atoms with Crippen molar-refractivity contribution in [2.45, 2.75) is 32.2 Å². The molecule has 0 spiro atoms. The van der Waals surface area contributed by atoms with Gasteiger partial charge in [-0.2, -0.15) is 0 Å². The average molecular weight is 259 g/mol. The highest BCUT2D eigenvalue weighted by Crippen LogP contribution is 2.27. The fourth-order valence-corrected chi connectivity index (χ4v) is 2.43. The highest BCUT2D eigenvalue weighted by Gasteiger charge is 2.15. The molecule has 4 N–H and O–H groups in total. The minimum atomic E-state index is -0.0444. The van der Waals surface area contributed by atoms with Crippen LogP contribution < -0.4 is 11.5 Å². The summed E-state index contributed by atoms with van der Waals surface area (Å²) in [7, 11) is 0. The number of rotatable bonds is 5. The van der Waals surface area contributed by atoms with Crippen molar-refractivity contribution in [2.24, 2.45) is 11.5 Å². The molecule has 0 aliphatic rings. The second-order valence-electron chi connectivity index (χ2n) is 4.88. The molecule has 4 heteroatoms. The molecule has 2 aromatic rings. The topological polar surface area (TPSA) is 74.0 Å². The third-order valence-corrected chi connectivity index (χ3v) is 3.45. The first-order valence-electron chi connectivity index (χ1n) is 6.71. The van der Waals surface area contributed by atoms with Gasteiger partial charge in [-0.15, -0.1) is 0 Å². The van der Waals surface area contributed by atoms with Gasteiger partial charge in [0.05, 0.1) is 5.52 Å². The Hall–Kier alpha value is -1.65. The van der Waals surface area contributed by atoms with Gasteiger partial charge in [-0.1, -0.05) is 24.6 Å². The Kier molecular flexibility index (Phi) is 4.35. The van der Waals surface area contributed by atoms with E-state index < -0.39 is 0 Å². The summed E-state index contributed by atoms with van der Waals surface area (Å²) in [6.07, 6.45) is 4.76. The van der Waals surface area contributed by atoms with Crippen LogP contribution in [0.3, 0.4) is 0 Å². The second-order valence-corrected chi connectivity index (χ2v) is 4.88. The van der Waals surface area contributed by atoms with Crippen molar-refractivity contribution >= 4 is 16.8 Å². The number of hydrogen-bond donors (Lipinski definition) is 2. The molecule has 0 unspecified atom stereocenters. The lowest BCUT2D eigenvalue weighted by atomic mass is 10.0. The zero-order valence-corrected chi connectivity index (χ0v) is 11.3. The molecule has 19 heavy (non-hydrogen) atoms. The molecular weight excluding hydrogens is 238 g/mol. The molecule has 1 atom stereocenters. The predicted molar refractivity (Wildman–Crippen MR) is 78.1 cm³/mol. The summed E-state index contributed by atoms with van der Waals surface area (Å²) in [6, 6.07) is 7.84. The van der Waals surface area contributed by atoms with Gasteiger partial charge in [0, 0.05) is 24.5 Å². The first-order chi connectivity index (χ1) is 9.15. The Morgan fingerprint density at radius 3 is 2.74 bits per heavy atom. The normalized spacial score (nSPS) is 12.8. The van der Waals surface area contributed by atoms with E-state index in [-0.39, 0.29) is 11.9 Å². The Morgan fingerprint density at radius 1 is 1.32 bits per heavy atom. The number of fused-ring (bicyclic) bond motifs is 1. The Balaban J connectivity index is 2.35. The summed E-state index contributed by atoms with van der Waals surface area (Å²) in [5, 5.41) is 1.07. The van der Waals surface area contributed by atoms with Gasteiger partial charge in [-0.25, -0.2) is 0 Å². The maximum atomic E-state index is 11.7. The number of nitrogens with zero attached hydrogens (tertiary/aromatic N) is 1. The summed E-state index contributed by atoms with van der Waals surface area (Å²) in [5.74, 6) is 0.0107. The molecule has 0 amide bonds. The Labute approximate surface area is 113 Å². The van der Waals surface area contributed by atoms with E-state index in [2.05, 4.69) is 0 Å². The zero-order valence-electron chi connectivity index (χ0n) is 11.3. The Morgan fingerprint density at radius 2 is 2.05 bits per heavy atom. The number of unbranched alkanes of at least 4 members (excludes halogenated alkanes) is 1. The third kappa shape index (κ3) is 2.85. The quantitative estimate of drug-likeness (QED) is 0.810. The number of carbonyl (C=O) groups is 1. The van der Waals surface area contributed by atoms with Crippen molar-refractivity contribution in [3.8, 4) is 0 Å². The maximum Gasteiger partial charge on any atom is 0.227 e. The molecule has 0 saturated heterocycles. The fourth-order valence-electron chi connectivity index (χ4n) is 2.43. The van der Waals surface area contributed by atoms with Gasteiger partial charge < -0.3 is 11.5 Å². The van der Waals surface area contributed by atoms with Crippen molar-refractivity contribution in [1.29, 1.82) is 0 Å². The molecule has 2 rings (SSSR count). The highest BCUT2D eigenvalue weighted by atomic mass is 16.1. The van der Waals surface area contributed by atoms with Gasteiger partial charge >= 0.3 is 0 Å². The Bertz CT molecular complexity index is 574. The molecule has 0 saturated carbocycles. The molecule has 1 aromatic carbocycles. The van der Waals surface area contributed by atoms with Gasteiger partial charge in [-0.05, 0) is 31.0 Å². The standard InChI is InChI=1S/C15H21N3O/c1-11(19)18-10-13(14(17)7-4-5-9-16)12-6-2-3-8-15(12)18/h2-3,6,8,10,14H,4-5,7,9,16-17H2,1H3/t14-/m1/s1. The van der Waals surface area contributed by atoms with Gasteiger partial charge in [0.2, 0.25) is 5.91 Å². The van der Waals surface area contributed by atoms with E-state index in [1.165, 1.54) is 0 Å². The molecule has 0 aliphatic carbocycles. The lowest BCUT2D eigenvalue weighted by molar-refractivity contribution is 0.0941. The van der Waals surface area contributed by atoms with E-state index in [0.29, 0.717) is 6.54 Å². The maximum absolute atomic E-state index is 11.7. The number of nitrogens with two attached hydrogens (primary N) is 2. The smallest absolute Gasteiger partial charge is 0.227 e. The van der Waals surface area contributed by atoms with Crippen molar-refractivity contribution in [2.75, 3.05) is 6.54 Å². The molecule has 1 aromatic heterocycles. The van der Waals surface area contributed by atoms with Crippen molar-refractivity contribution in [1.82, 2.24) is 4.57 Å². The molecule has 102 valence electrons. The van der Waals surface area contributed by atoms with Gasteiger partial charge in [0.15, 0.2) is 0 Å². The summed E-state index contributed by atoms with van der Waals surface area (Å²) in [4.78, 5) is 11.7. The SMILES string of the molecule is CC(=O)n1cc([C@H](N)CCCCN)c2ccccc21. The van der Waals surface area contributed by atoms with Gasteiger partial charge in [-0.3, -0.25) is 9.36 Å². The highest BCUT2D eigenvalue weighted by molar-refractivity contribution is 5.93. The van der Waals surface area contributed by atoms with E-state index >= 15 is 0 Å². The molecule has 1 heterocycles. The monoisotopic (exact) mass is 259 g/mol. The van der Waals surface area contributed by atoms with E-state index in [0.717, 1.165) is 35.7 Å². The van der Waals surface area contributed by atoms with E-state index in [4.69, 9.17) is 11.5 Å². The van der Waals surface area contributed by atoms with E-state index in [1.807, 2.05) is 30.5 Å². The number of carbonyl (C=O) groups excluding carboxylic acids is 1. The van der Waals surface area contributed by atoms with Crippen LogP contribution in [0.4, 0.5) is 0 Å². The van der Waals surface area contributed by atoms with Crippen LogP contribution in [-0.2, 0) is 0 Å². The van der Waals surface area contributed by atoms with Crippen molar-refractivity contribution in [3.05, 3.63) is 36.0 Å². The predicted octanol–water partition coefficient (Wildman–Crippen LogP) is 2.43. The summed E-state index contributed by atoms with van der Waals surface area (Å²) >= 11 is 0. The third-order valence-electron chi connectivity index (χ3n) is 3.45. The number of hydrogen-bond acceptors (Lipinski definition) is 3. The van der Waals surface area contributed by atoms with Crippen LogP contribution in [0.25, 0.3) is 10.9 Å². The van der Waals surface area contributed by atoms with Crippen LogP contribution in [0.1, 0.15) is 42.6 Å². The first kappa shape index (κ1) is 13.8. The van der Waals surface area contributed by atoms with Crippen LogP contribution in [0.15, 0.2) is 30.5 Å². The summed E-state index contributed by atoms with van der Waals surface area (Å²) in [6.45, 7) is 2.26. The van der Waals surface area contributed by atoms with E-state index in [1.54, 1.807) is 11.5 Å². The lowest BCUT2D eigenvalue weighted by Gasteiger charge is -2.10. The average Bonchev–Trinajstić information content (AvgIpc) is 2.78. The molecule has 0 bridgehead atoms. The fraction of sp³-hybridized carbons (Fsp3) is 0.400. The summed E-state index contributed by atoms with van der Waals surface area (Å²) in [5.41, 5.74) is 13.7. The van der Waals surface area contributed by atoms with Crippen LogP contribution >= 0.6 is 0 Å². The second kappa shape index (κ2) is 5.99. The molecule has 0 aliphatic heterocycles. The minimum Gasteiger partial charge on any atom is -0.330 e. The lowest BCUT2D eigenvalue weighted by Crippen LogP contribution is -2.11. The van der Waals surface area contributed by atoms with Crippen LogP contribution in [0, 0.1) is 0 Å². The van der Waals surface area contributed by atoms with Crippen molar-refractivity contribution < 1.29 is 4.79 Å². The first-order valence-corrected chi connectivity index (χ1v) is 6.71. The minimum absolute atomic E-state index is 0.0107. The zero-order chi connectivity index (χ0) is 13.8. The van der Waals surface area contributed by atoms with Crippen LogP contribution in [0.5, 0.6) is 0 Å². The number of aromatic nitrogens is 1. The van der Waals surface area contributed by atoms with Crippen LogP contribution in [0.2, 0.25) is 0 Å². The molecule has 4 nitrogen and oxygen atoms in total. The van der Waals surface area contributed by atoms with Crippen molar-refractivity contribution in [3.63, 3.8) is 0 Å². The van der Waals surface area contributed by atoms with E-state index in [9.17, 15) is 4.79 Å². The molecule has 0 radical (unpaired) electrons. The number of benzene rings is 1. The number of para-hydroxylation sites is 1. The molecular formula is C15H21N3O. The van der Waals surface area contributed by atoms with Gasteiger partial charge in [0.25, 0.3) is 0 Å².